The van der Waals surface area contributed by atoms with Gasteiger partial charge in [-0.15, -0.1) is 0 Å². The quantitative estimate of drug-likeness (QED) is 0.743. The molecule has 2 N–H and O–H groups in total. The molecule has 0 atom stereocenters. The van der Waals surface area contributed by atoms with Crippen molar-refractivity contribution in [3.8, 4) is 0 Å². The monoisotopic (exact) mass is 360 g/mol. The minimum Gasteiger partial charge on any atom is -0.378 e. The van der Waals surface area contributed by atoms with Gasteiger partial charge in [-0.25, -0.2) is 9.37 Å². The van der Waals surface area contributed by atoms with Gasteiger partial charge in [0.15, 0.2) is 5.82 Å². The highest BCUT2D eigenvalue weighted by atomic mass is 19.1. The Morgan fingerprint density at radius 3 is 2.88 bits per heavy atom. The van der Waals surface area contributed by atoms with Crippen molar-refractivity contribution in [2.45, 2.75) is 6.92 Å². The van der Waals surface area contributed by atoms with E-state index in [2.05, 4.69) is 30.5 Å². The van der Waals surface area contributed by atoms with Crippen LogP contribution in [0.5, 0.6) is 0 Å². The third kappa shape index (κ3) is 4.63. The number of nitrogens with one attached hydrogen (secondary N) is 2. The zero-order chi connectivity index (χ0) is 18.4. The number of aryl methyl sites for hydroxylation is 1. The van der Waals surface area contributed by atoms with Gasteiger partial charge in [-0.1, -0.05) is 0 Å². The molecule has 0 unspecified atom stereocenters. The van der Waals surface area contributed by atoms with E-state index >= 15 is 0 Å². The Hall–Kier alpha value is -2.81. The smallest absolute Gasteiger partial charge is 0.254 e. The number of amides is 1. The standard InChI is InChI=1S/C17H21FN6O2/c1-12-10-15(24-6-8-26-9-7-24)23-17(22-12)21-5-4-20-16(25)13-2-3-19-11-14(13)18/h2-3,10-11H,4-9H2,1H3,(H,20,25)(H,21,22,23). The summed E-state index contributed by atoms with van der Waals surface area (Å²) in [6.45, 7) is 5.60. The van der Waals surface area contributed by atoms with Gasteiger partial charge < -0.3 is 20.3 Å². The number of ether oxygens (including phenoxy) is 1. The van der Waals surface area contributed by atoms with Crippen LogP contribution in [0.4, 0.5) is 16.2 Å². The Labute approximate surface area is 150 Å². The SMILES string of the molecule is Cc1cc(N2CCOCC2)nc(NCCNC(=O)c2ccncc2F)n1. The third-order valence-corrected chi connectivity index (χ3v) is 3.89. The second-order valence-corrected chi connectivity index (χ2v) is 5.83. The Morgan fingerprint density at radius 1 is 1.31 bits per heavy atom. The maximum atomic E-state index is 13.5. The fraction of sp³-hybridized carbons (Fsp3) is 0.412. The predicted octanol–water partition coefficient (Wildman–Crippen LogP) is 0.998. The Morgan fingerprint density at radius 2 is 2.12 bits per heavy atom. The number of anilines is 2. The van der Waals surface area contributed by atoms with Crippen LogP contribution in [0.1, 0.15) is 16.1 Å². The van der Waals surface area contributed by atoms with Crippen molar-refractivity contribution < 1.29 is 13.9 Å². The predicted molar refractivity (Wildman–Crippen MR) is 94.8 cm³/mol. The summed E-state index contributed by atoms with van der Waals surface area (Å²) in [5.41, 5.74) is 0.827. The molecule has 3 heterocycles. The van der Waals surface area contributed by atoms with Crippen molar-refractivity contribution in [3.05, 3.63) is 41.6 Å². The molecule has 0 aliphatic carbocycles. The van der Waals surface area contributed by atoms with Crippen LogP contribution in [0, 0.1) is 12.7 Å². The average Bonchev–Trinajstić information content (AvgIpc) is 2.66. The molecule has 1 aliphatic heterocycles. The Balaban J connectivity index is 1.52. The molecule has 2 aromatic heterocycles. The molecule has 0 radical (unpaired) electrons. The third-order valence-electron chi connectivity index (χ3n) is 3.89. The lowest BCUT2D eigenvalue weighted by Gasteiger charge is -2.28. The maximum Gasteiger partial charge on any atom is 0.254 e. The van der Waals surface area contributed by atoms with Crippen LogP contribution in [0.25, 0.3) is 0 Å². The Kier molecular flexibility index (Phi) is 5.90. The highest BCUT2D eigenvalue weighted by Crippen LogP contribution is 2.16. The van der Waals surface area contributed by atoms with Crippen molar-refractivity contribution in [2.24, 2.45) is 0 Å². The van der Waals surface area contributed by atoms with E-state index in [1.54, 1.807) is 0 Å². The van der Waals surface area contributed by atoms with Crippen molar-refractivity contribution in [2.75, 3.05) is 49.6 Å². The van der Waals surface area contributed by atoms with E-state index < -0.39 is 11.7 Å². The summed E-state index contributed by atoms with van der Waals surface area (Å²) in [5.74, 6) is 0.225. The van der Waals surface area contributed by atoms with Crippen LogP contribution in [0.2, 0.25) is 0 Å². The number of rotatable bonds is 6. The summed E-state index contributed by atoms with van der Waals surface area (Å²) in [6.07, 6.45) is 2.39. The van der Waals surface area contributed by atoms with Crippen LogP contribution >= 0.6 is 0 Å². The van der Waals surface area contributed by atoms with Gasteiger partial charge in [0.1, 0.15) is 5.82 Å². The molecule has 0 spiro atoms. The molecule has 1 aliphatic rings. The van der Waals surface area contributed by atoms with Crippen molar-refractivity contribution in [3.63, 3.8) is 0 Å². The number of hydrogen-bond acceptors (Lipinski definition) is 7. The van der Waals surface area contributed by atoms with Crippen LogP contribution in [0.15, 0.2) is 24.5 Å². The van der Waals surface area contributed by atoms with E-state index in [4.69, 9.17) is 4.74 Å². The van der Waals surface area contributed by atoms with Gasteiger partial charge in [-0.3, -0.25) is 9.78 Å². The summed E-state index contributed by atoms with van der Waals surface area (Å²) in [7, 11) is 0. The molecule has 1 amide bonds. The Bertz CT molecular complexity index is 767. The number of aromatic nitrogens is 3. The maximum absolute atomic E-state index is 13.5. The van der Waals surface area contributed by atoms with E-state index in [9.17, 15) is 9.18 Å². The minimum atomic E-state index is -0.643. The normalized spacial score (nSPS) is 14.2. The van der Waals surface area contributed by atoms with Gasteiger partial charge in [-0.05, 0) is 13.0 Å². The molecule has 1 saturated heterocycles. The summed E-state index contributed by atoms with van der Waals surface area (Å²) >= 11 is 0. The van der Waals surface area contributed by atoms with Crippen molar-refractivity contribution in [1.82, 2.24) is 20.3 Å². The van der Waals surface area contributed by atoms with Crippen LogP contribution in [-0.2, 0) is 4.74 Å². The number of hydrogen-bond donors (Lipinski definition) is 2. The molecule has 0 bridgehead atoms. The number of nitrogens with zero attached hydrogens (tertiary/aromatic N) is 4. The number of pyridine rings is 1. The lowest BCUT2D eigenvalue weighted by molar-refractivity contribution is 0.0951. The van der Waals surface area contributed by atoms with E-state index in [1.165, 1.54) is 12.3 Å². The first-order valence-electron chi connectivity index (χ1n) is 8.43. The van der Waals surface area contributed by atoms with E-state index in [-0.39, 0.29) is 5.56 Å². The molecule has 3 rings (SSSR count). The van der Waals surface area contributed by atoms with Gasteiger partial charge in [-0.2, -0.15) is 4.98 Å². The molecule has 138 valence electrons. The zero-order valence-electron chi connectivity index (χ0n) is 14.5. The molecule has 1 fully saturated rings. The molecule has 26 heavy (non-hydrogen) atoms. The first kappa shape index (κ1) is 18.0. The number of carbonyl (C=O) groups excluding carboxylic acids is 1. The highest BCUT2D eigenvalue weighted by Gasteiger charge is 2.14. The molecule has 2 aromatic rings. The van der Waals surface area contributed by atoms with Crippen LogP contribution in [0.3, 0.4) is 0 Å². The summed E-state index contributed by atoms with van der Waals surface area (Å²) < 4.78 is 18.9. The number of halogens is 1. The first-order chi connectivity index (χ1) is 12.6. The first-order valence-corrected chi connectivity index (χ1v) is 8.43. The molecular weight excluding hydrogens is 339 g/mol. The summed E-state index contributed by atoms with van der Waals surface area (Å²) in [5, 5.41) is 5.74. The second-order valence-electron chi connectivity index (χ2n) is 5.83. The van der Waals surface area contributed by atoms with Crippen molar-refractivity contribution in [1.29, 1.82) is 0 Å². The van der Waals surface area contributed by atoms with Gasteiger partial charge >= 0.3 is 0 Å². The largest absolute Gasteiger partial charge is 0.378 e. The van der Waals surface area contributed by atoms with Gasteiger partial charge in [0.05, 0.1) is 25.0 Å². The van der Waals surface area contributed by atoms with Crippen LogP contribution < -0.4 is 15.5 Å². The average molecular weight is 360 g/mol. The van der Waals surface area contributed by atoms with E-state index in [1.807, 2.05) is 13.0 Å². The lowest BCUT2D eigenvalue weighted by Crippen LogP contribution is -2.37. The molecular formula is C17H21FN6O2. The molecule has 0 aromatic carbocycles. The molecule has 0 saturated carbocycles. The lowest BCUT2D eigenvalue weighted by atomic mass is 10.2. The fourth-order valence-electron chi connectivity index (χ4n) is 2.59. The fourth-order valence-corrected chi connectivity index (χ4v) is 2.59. The minimum absolute atomic E-state index is 0.0265. The van der Waals surface area contributed by atoms with Gasteiger partial charge in [0.2, 0.25) is 5.95 Å². The zero-order valence-corrected chi connectivity index (χ0v) is 14.5. The number of morpholine rings is 1. The summed E-state index contributed by atoms with van der Waals surface area (Å²) in [4.78, 5) is 26.6. The van der Waals surface area contributed by atoms with Crippen LogP contribution in [-0.4, -0.2) is 60.3 Å². The van der Waals surface area contributed by atoms with E-state index in [0.29, 0.717) is 32.3 Å². The van der Waals surface area contributed by atoms with Gasteiger partial charge in [0, 0.05) is 44.1 Å². The van der Waals surface area contributed by atoms with Gasteiger partial charge in [0.25, 0.3) is 5.91 Å². The molecule has 8 nitrogen and oxygen atoms in total. The summed E-state index contributed by atoms with van der Waals surface area (Å²) in [6, 6.07) is 3.28. The van der Waals surface area contributed by atoms with E-state index in [0.717, 1.165) is 30.8 Å². The van der Waals surface area contributed by atoms with Crippen molar-refractivity contribution >= 4 is 17.7 Å². The second kappa shape index (κ2) is 8.52. The highest BCUT2D eigenvalue weighted by molar-refractivity contribution is 5.94. The number of carbonyl (C=O) groups is 1. The molecule has 9 heteroatoms. The topological polar surface area (TPSA) is 92.3 Å².